The fourth-order valence-electron chi connectivity index (χ4n) is 7.12. The second-order valence-corrected chi connectivity index (χ2v) is 16.5. The summed E-state index contributed by atoms with van der Waals surface area (Å²) in [6.07, 6.45) is 6.82. The molecule has 5 heterocycles. The molecule has 0 saturated carbocycles. The molecule has 1 fully saturated rings. The Morgan fingerprint density at radius 3 is 2.50 bits per heavy atom. The minimum atomic E-state index is -4.05. The fourth-order valence-corrected chi connectivity index (χ4v) is 8.67. The molecule has 3 aromatic heterocycles. The molecule has 11 nitrogen and oxygen atoms in total. The Labute approximate surface area is 304 Å². The second-order valence-electron chi connectivity index (χ2n) is 14.7. The highest BCUT2D eigenvalue weighted by molar-refractivity contribution is 7.90. The molecule has 0 bridgehead atoms. The van der Waals surface area contributed by atoms with Gasteiger partial charge in [-0.05, 0) is 105 Å². The van der Waals surface area contributed by atoms with E-state index in [-0.39, 0.29) is 28.6 Å². The summed E-state index contributed by atoms with van der Waals surface area (Å²) in [5.74, 6) is -0.186. The molecule has 2 aromatic carbocycles. The van der Waals surface area contributed by atoms with E-state index in [1.54, 1.807) is 69.8 Å². The van der Waals surface area contributed by atoms with Crippen molar-refractivity contribution in [1.82, 2.24) is 23.7 Å². The first-order chi connectivity index (χ1) is 24.7. The Kier molecular flexibility index (Phi) is 9.16. The maximum absolute atomic E-state index is 14.2. The summed E-state index contributed by atoms with van der Waals surface area (Å²) in [4.78, 5) is 38.9. The van der Waals surface area contributed by atoms with E-state index in [4.69, 9.17) is 14.5 Å². The summed E-state index contributed by atoms with van der Waals surface area (Å²) in [5, 5.41) is 0.590. The fraction of sp³-hybridized carbons (Fsp3) is 0.350. The highest BCUT2D eigenvalue weighted by Gasteiger charge is 2.36. The van der Waals surface area contributed by atoms with E-state index in [9.17, 15) is 18.0 Å². The smallest absolute Gasteiger partial charge is 0.410 e. The van der Waals surface area contributed by atoms with Crippen LogP contribution in [0.25, 0.3) is 33.4 Å². The molecular weight excluding hydrogens is 679 g/mol. The van der Waals surface area contributed by atoms with Gasteiger partial charge in [-0.2, -0.15) is 0 Å². The van der Waals surface area contributed by atoms with Crippen molar-refractivity contribution in [3.63, 3.8) is 0 Å². The van der Waals surface area contributed by atoms with Gasteiger partial charge in [0.25, 0.3) is 15.9 Å². The number of hydrogen-bond donors (Lipinski definition) is 0. The maximum Gasteiger partial charge on any atom is 0.410 e. The SMILES string of the molecule is Cc1ccccc1S(=O)(=O)n1cc(-c2ccc(C(=O)N(C)C)cn2)c2cc(-c3cc4c(c(C5CCCN5C(=O)OC(C)(C)C)c3)COCC4)cnc21. The number of rotatable bonds is 6. The summed E-state index contributed by atoms with van der Waals surface area (Å²) >= 11 is 0. The lowest BCUT2D eigenvalue weighted by Gasteiger charge is -2.31. The number of carbonyl (C=O) groups excluding carboxylic acids is 2. The van der Waals surface area contributed by atoms with Gasteiger partial charge in [0.05, 0.1) is 35.4 Å². The quantitative estimate of drug-likeness (QED) is 0.181. The van der Waals surface area contributed by atoms with E-state index in [1.165, 1.54) is 15.1 Å². The third-order valence-corrected chi connectivity index (χ3v) is 11.5. The molecule has 2 amide bonds. The Hall–Kier alpha value is -5.07. The molecule has 0 aliphatic carbocycles. The van der Waals surface area contributed by atoms with Crippen molar-refractivity contribution in [2.75, 3.05) is 27.2 Å². The van der Waals surface area contributed by atoms with Gasteiger partial charge >= 0.3 is 6.09 Å². The molecule has 5 aromatic rings. The summed E-state index contributed by atoms with van der Waals surface area (Å²) in [6.45, 7) is 9.03. The molecule has 52 heavy (non-hydrogen) atoms. The molecular formula is C40H43N5O6S. The summed E-state index contributed by atoms with van der Waals surface area (Å²) in [7, 11) is -0.699. The second kappa shape index (κ2) is 13.5. The van der Waals surface area contributed by atoms with Gasteiger partial charge in [-0.3, -0.25) is 9.78 Å². The van der Waals surface area contributed by atoms with Crippen molar-refractivity contribution in [3.05, 3.63) is 101 Å². The molecule has 1 atom stereocenters. The van der Waals surface area contributed by atoms with E-state index >= 15 is 0 Å². The highest BCUT2D eigenvalue weighted by atomic mass is 32.2. The van der Waals surface area contributed by atoms with Crippen molar-refractivity contribution in [1.29, 1.82) is 0 Å². The summed E-state index contributed by atoms with van der Waals surface area (Å²) < 4.78 is 41.4. The maximum atomic E-state index is 14.2. The number of pyridine rings is 2. The first kappa shape index (κ1) is 35.3. The largest absolute Gasteiger partial charge is 0.444 e. The molecule has 0 N–H and O–H groups in total. The van der Waals surface area contributed by atoms with Crippen LogP contribution in [-0.4, -0.2) is 77.0 Å². The lowest BCUT2D eigenvalue weighted by atomic mass is 9.88. The van der Waals surface area contributed by atoms with Gasteiger partial charge in [0.2, 0.25) is 0 Å². The minimum Gasteiger partial charge on any atom is -0.444 e. The Morgan fingerprint density at radius 2 is 1.79 bits per heavy atom. The highest BCUT2D eigenvalue weighted by Crippen LogP contribution is 2.41. The van der Waals surface area contributed by atoms with Crippen molar-refractivity contribution in [3.8, 4) is 22.4 Å². The van der Waals surface area contributed by atoms with Crippen LogP contribution >= 0.6 is 0 Å². The number of carbonyl (C=O) groups is 2. The number of nitrogens with zero attached hydrogens (tertiary/aromatic N) is 5. The van der Waals surface area contributed by atoms with Crippen LogP contribution in [0.4, 0.5) is 4.79 Å². The van der Waals surface area contributed by atoms with Gasteiger partial charge in [0.15, 0.2) is 5.65 Å². The van der Waals surface area contributed by atoms with Gasteiger partial charge in [0, 0.05) is 55.7 Å². The van der Waals surface area contributed by atoms with Gasteiger partial charge in [-0.1, -0.05) is 24.3 Å². The van der Waals surface area contributed by atoms with Crippen molar-refractivity contribution in [2.24, 2.45) is 0 Å². The topological polar surface area (TPSA) is 124 Å². The first-order valence-electron chi connectivity index (χ1n) is 17.5. The van der Waals surface area contributed by atoms with Crippen LogP contribution in [0.5, 0.6) is 0 Å². The standard InChI is InChI=1S/C40H43N5O6S/c1-25-10-7-8-12-36(25)52(48,49)45-23-32(34-14-13-27(21-41-34)38(46)43(5)6)31-20-29(22-42-37(31)45)28-18-26-15-17-50-24-33(26)30(19-28)35-11-9-16-44(35)39(47)51-40(2,3)4/h7-8,10,12-14,18-23,35H,9,11,15-17,24H2,1-6H3. The first-order valence-corrected chi connectivity index (χ1v) is 18.9. The van der Waals surface area contributed by atoms with E-state index in [0.717, 1.165) is 47.1 Å². The molecule has 2 aliphatic rings. The predicted molar refractivity (Wildman–Crippen MR) is 198 cm³/mol. The zero-order valence-electron chi connectivity index (χ0n) is 30.3. The van der Waals surface area contributed by atoms with Crippen LogP contribution in [0.1, 0.15) is 72.3 Å². The van der Waals surface area contributed by atoms with Crippen LogP contribution < -0.4 is 0 Å². The average Bonchev–Trinajstić information content (AvgIpc) is 3.76. The molecule has 12 heteroatoms. The van der Waals surface area contributed by atoms with E-state index in [0.29, 0.717) is 47.5 Å². The lowest BCUT2D eigenvalue weighted by molar-refractivity contribution is 0.0221. The molecule has 270 valence electrons. The zero-order chi connectivity index (χ0) is 36.9. The molecule has 0 radical (unpaired) electrons. The zero-order valence-corrected chi connectivity index (χ0v) is 31.2. The number of ether oxygens (including phenoxy) is 2. The number of likely N-dealkylation sites (tertiary alicyclic amines) is 1. The number of hydrogen-bond acceptors (Lipinski definition) is 8. The molecule has 0 spiro atoms. The number of benzene rings is 2. The summed E-state index contributed by atoms with van der Waals surface area (Å²) in [5.41, 5.74) is 6.70. The van der Waals surface area contributed by atoms with Crippen LogP contribution in [0.2, 0.25) is 0 Å². The predicted octanol–water partition coefficient (Wildman–Crippen LogP) is 7.16. The number of fused-ring (bicyclic) bond motifs is 2. The van der Waals surface area contributed by atoms with Crippen molar-refractivity contribution in [2.45, 2.75) is 70.1 Å². The molecule has 2 aliphatic heterocycles. The van der Waals surface area contributed by atoms with Crippen LogP contribution in [0.3, 0.4) is 0 Å². The number of aryl methyl sites for hydroxylation is 1. The van der Waals surface area contributed by atoms with E-state index < -0.39 is 15.6 Å². The minimum absolute atomic E-state index is 0.176. The molecule has 7 rings (SSSR count). The molecule has 1 unspecified atom stereocenters. The lowest BCUT2D eigenvalue weighted by Crippen LogP contribution is -2.36. The van der Waals surface area contributed by atoms with Gasteiger partial charge < -0.3 is 19.3 Å². The molecule has 1 saturated heterocycles. The third kappa shape index (κ3) is 6.56. The van der Waals surface area contributed by atoms with Gasteiger partial charge in [-0.15, -0.1) is 0 Å². The average molecular weight is 722 g/mol. The summed E-state index contributed by atoms with van der Waals surface area (Å²) in [6, 6.07) is 16.3. The van der Waals surface area contributed by atoms with E-state index in [1.807, 2.05) is 31.7 Å². The third-order valence-electron chi connectivity index (χ3n) is 9.65. The van der Waals surface area contributed by atoms with Gasteiger partial charge in [-0.25, -0.2) is 22.2 Å². The van der Waals surface area contributed by atoms with Crippen molar-refractivity contribution < 1.29 is 27.5 Å². The van der Waals surface area contributed by atoms with Crippen LogP contribution in [0.15, 0.2) is 78.1 Å². The normalized spacial score (nSPS) is 16.2. The number of aromatic nitrogens is 3. The van der Waals surface area contributed by atoms with Crippen molar-refractivity contribution >= 4 is 33.1 Å². The Bertz CT molecular complexity index is 2310. The van der Waals surface area contributed by atoms with Gasteiger partial charge in [0.1, 0.15) is 5.60 Å². The Balaban J connectivity index is 1.39. The monoisotopic (exact) mass is 721 g/mol. The Morgan fingerprint density at radius 1 is 1.00 bits per heavy atom. The van der Waals surface area contributed by atoms with E-state index in [2.05, 4.69) is 17.1 Å². The van der Waals surface area contributed by atoms with Crippen LogP contribution in [0, 0.1) is 6.92 Å². The van der Waals surface area contributed by atoms with Crippen LogP contribution in [-0.2, 0) is 32.5 Å². The number of amides is 2.